The van der Waals surface area contributed by atoms with Gasteiger partial charge < -0.3 is 9.80 Å². The number of amides is 1. The molecule has 0 aromatic heterocycles. The fraction of sp³-hybridized carbons (Fsp3) is 0.650. The predicted molar refractivity (Wildman–Crippen MR) is 106 cm³/mol. The first-order valence-corrected chi connectivity index (χ1v) is 10.2. The summed E-state index contributed by atoms with van der Waals surface area (Å²) in [5, 5.41) is -0.132. The molecule has 5 unspecified atom stereocenters. The predicted octanol–water partition coefficient (Wildman–Crippen LogP) is 4.52. The molecule has 0 heterocycles. The van der Waals surface area contributed by atoms with E-state index in [1.165, 1.54) is 0 Å². The average molecular weight is 383 g/mol. The molecule has 3 nitrogen and oxygen atoms in total. The molecule has 0 saturated heterocycles. The SMILES string of the molecule is CN(C)C1CCCC1N(C(=O)C1CCC(Cl)C(Cl)C1)c1ccccc1. The zero-order valence-corrected chi connectivity index (χ0v) is 16.6. The van der Waals surface area contributed by atoms with Crippen molar-refractivity contribution in [2.75, 3.05) is 19.0 Å². The topological polar surface area (TPSA) is 23.6 Å². The number of para-hydroxylation sites is 1. The van der Waals surface area contributed by atoms with Crippen LogP contribution < -0.4 is 4.90 Å². The van der Waals surface area contributed by atoms with Gasteiger partial charge in [0.25, 0.3) is 0 Å². The number of benzene rings is 1. The summed E-state index contributed by atoms with van der Waals surface area (Å²) in [6, 6.07) is 10.7. The van der Waals surface area contributed by atoms with E-state index in [1.54, 1.807) is 0 Å². The average Bonchev–Trinajstić information content (AvgIpc) is 3.08. The maximum atomic E-state index is 13.5. The summed E-state index contributed by atoms with van der Waals surface area (Å²) in [4.78, 5) is 17.8. The van der Waals surface area contributed by atoms with Crippen LogP contribution in [0.5, 0.6) is 0 Å². The van der Waals surface area contributed by atoms with Crippen LogP contribution in [-0.2, 0) is 4.79 Å². The van der Waals surface area contributed by atoms with E-state index in [9.17, 15) is 4.79 Å². The lowest BCUT2D eigenvalue weighted by Crippen LogP contribution is -2.52. The molecule has 1 aromatic rings. The molecule has 2 aliphatic rings. The summed E-state index contributed by atoms with van der Waals surface area (Å²) in [7, 11) is 4.23. The standard InChI is InChI=1S/C20H28Cl2N2O/c1-23(2)18-9-6-10-19(18)24(15-7-4-3-5-8-15)20(25)14-11-12-16(21)17(22)13-14/h3-5,7-8,14,16-19H,6,9-13H2,1-2H3. The van der Waals surface area contributed by atoms with Crippen molar-refractivity contribution in [3.63, 3.8) is 0 Å². The third-order valence-corrected chi connectivity index (χ3v) is 6.89. The molecule has 2 fully saturated rings. The van der Waals surface area contributed by atoms with E-state index in [0.29, 0.717) is 12.5 Å². The minimum Gasteiger partial charge on any atom is -0.308 e. The van der Waals surface area contributed by atoms with Gasteiger partial charge in [0.15, 0.2) is 0 Å². The maximum Gasteiger partial charge on any atom is 0.230 e. The number of likely N-dealkylation sites (N-methyl/N-ethyl adjacent to an activating group) is 1. The molecule has 3 rings (SSSR count). The van der Waals surface area contributed by atoms with Gasteiger partial charge in [-0.05, 0) is 64.8 Å². The highest BCUT2D eigenvalue weighted by Crippen LogP contribution is 2.37. The summed E-state index contributed by atoms with van der Waals surface area (Å²) in [6.07, 6.45) is 5.68. The zero-order chi connectivity index (χ0) is 18.0. The molecular weight excluding hydrogens is 355 g/mol. The van der Waals surface area contributed by atoms with E-state index in [1.807, 2.05) is 30.3 Å². The third-order valence-electron chi connectivity index (χ3n) is 5.75. The third kappa shape index (κ3) is 4.15. The van der Waals surface area contributed by atoms with Crippen molar-refractivity contribution in [1.82, 2.24) is 4.90 Å². The Morgan fingerprint density at radius 1 is 0.960 bits per heavy atom. The van der Waals surface area contributed by atoms with Crippen LogP contribution in [0.15, 0.2) is 30.3 Å². The van der Waals surface area contributed by atoms with Gasteiger partial charge >= 0.3 is 0 Å². The van der Waals surface area contributed by atoms with Gasteiger partial charge in [-0.15, -0.1) is 23.2 Å². The molecule has 5 atom stereocenters. The Bertz CT molecular complexity index is 580. The Kier molecular flexibility index (Phi) is 6.30. The largest absolute Gasteiger partial charge is 0.308 e. The van der Waals surface area contributed by atoms with Gasteiger partial charge in [-0.1, -0.05) is 18.2 Å². The van der Waals surface area contributed by atoms with Crippen molar-refractivity contribution < 1.29 is 4.79 Å². The number of anilines is 1. The Hall–Kier alpha value is -0.770. The lowest BCUT2D eigenvalue weighted by atomic mass is 9.86. The van der Waals surface area contributed by atoms with Crippen molar-refractivity contribution in [2.24, 2.45) is 5.92 Å². The van der Waals surface area contributed by atoms with Gasteiger partial charge in [0, 0.05) is 23.0 Å². The second-order valence-electron chi connectivity index (χ2n) is 7.61. The zero-order valence-electron chi connectivity index (χ0n) is 15.1. The highest BCUT2D eigenvalue weighted by atomic mass is 35.5. The fourth-order valence-corrected chi connectivity index (χ4v) is 4.96. The van der Waals surface area contributed by atoms with Crippen LogP contribution in [0.1, 0.15) is 38.5 Å². The smallest absolute Gasteiger partial charge is 0.230 e. The molecule has 1 aromatic carbocycles. The lowest BCUT2D eigenvalue weighted by Gasteiger charge is -2.39. The van der Waals surface area contributed by atoms with Gasteiger partial charge in [0.2, 0.25) is 5.91 Å². The maximum absolute atomic E-state index is 13.5. The van der Waals surface area contributed by atoms with Crippen molar-refractivity contribution in [2.45, 2.75) is 61.4 Å². The first-order chi connectivity index (χ1) is 12.0. The summed E-state index contributed by atoms with van der Waals surface area (Å²) >= 11 is 12.6. The van der Waals surface area contributed by atoms with Crippen LogP contribution >= 0.6 is 23.2 Å². The quantitative estimate of drug-likeness (QED) is 0.714. The number of halogens is 2. The van der Waals surface area contributed by atoms with Crippen LogP contribution in [0.2, 0.25) is 0 Å². The van der Waals surface area contributed by atoms with E-state index in [0.717, 1.165) is 37.8 Å². The summed E-state index contributed by atoms with van der Waals surface area (Å²) in [5.74, 6) is 0.195. The molecule has 5 heteroatoms. The second kappa shape index (κ2) is 8.28. The number of carbonyl (C=O) groups is 1. The number of hydrogen-bond acceptors (Lipinski definition) is 2. The fourth-order valence-electron chi connectivity index (χ4n) is 4.39. The Labute approximate surface area is 161 Å². The van der Waals surface area contributed by atoms with Crippen LogP contribution in [0.3, 0.4) is 0 Å². The van der Waals surface area contributed by atoms with Crippen LogP contribution in [0.4, 0.5) is 5.69 Å². The molecule has 0 radical (unpaired) electrons. The molecule has 0 aliphatic heterocycles. The number of nitrogens with zero attached hydrogens (tertiary/aromatic N) is 2. The Balaban J connectivity index is 1.88. The van der Waals surface area contributed by atoms with E-state index in [-0.39, 0.29) is 28.6 Å². The van der Waals surface area contributed by atoms with Crippen LogP contribution in [-0.4, -0.2) is 47.7 Å². The van der Waals surface area contributed by atoms with E-state index in [2.05, 4.69) is 23.9 Å². The van der Waals surface area contributed by atoms with Crippen LogP contribution in [0, 0.1) is 5.92 Å². The molecule has 1 amide bonds. The highest BCUT2D eigenvalue weighted by Gasteiger charge is 2.41. The van der Waals surface area contributed by atoms with E-state index in [4.69, 9.17) is 23.2 Å². The lowest BCUT2D eigenvalue weighted by molar-refractivity contribution is -0.123. The normalized spacial score (nSPS) is 32.8. The first-order valence-electron chi connectivity index (χ1n) is 9.31. The molecule has 0 spiro atoms. The van der Waals surface area contributed by atoms with E-state index < -0.39 is 0 Å². The number of carbonyl (C=O) groups excluding carboxylic acids is 1. The number of rotatable bonds is 4. The molecule has 2 saturated carbocycles. The van der Waals surface area contributed by atoms with Crippen molar-refractivity contribution in [3.05, 3.63) is 30.3 Å². The van der Waals surface area contributed by atoms with Gasteiger partial charge in [0.1, 0.15) is 0 Å². The summed E-state index contributed by atoms with van der Waals surface area (Å²) < 4.78 is 0. The Morgan fingerprint density at radius 3 is 2.28 bits per heavy atom. The molecule has 138 valence electrons. The van der Waals surface area contributed by atoms with Crippen molar-refractivity contribution in [1.29, 1.82) is 0 Å². The number of hydrogen-bond donors (Lipinski definition) is 0. The molecule has 0 N–H and O–H groups in total. The first kappa shape index (κ1) is 19.0. The summed E-state index contributed by atoms with van der Waals surface area (Å²) in [6.45, 7) is 0. The molecular formula is C20H28Cl2N2O. The number of alkyl halides is 2. The monoisotopic (exact) mass is 382 g/mol. The minimum atomic E-state index is -0.116. The highest BCUT2D eigenvalue weighted by molar-refractivity contribution is 6.30. The molecule has 2 aliphatic carbocycles. The van der Waals surface area contributed by atoms with Crippen molar-refractivity contribution in [3.8, 4) is 0 Å². The summed E-state index contributed by atoms with van der Waals surface area (Å²) in [5.41, 5.74) is 1.00. The second-order valence-corrected chi connectivity index (χ2v) is 8.74. The van der Waals surface area contributed by atoms with Gasteiger partial charge in [-0.3, -0.25) is 4.79 Å². The minimum absolute atomic E-state index is 0.0168. The van der Waals surface area contributed by atoms with Crippen LogP contribution in [0.25, 0.3) is 0 Å². The molecule has 0 bridgehead atoms. The van der Waals surface area contributed by atoms with Crippen molar-refractivity contribution >= 4 is 34.8 Å². The van der Waals surface area contributed by atoms with E-state index >= 15 is 0 Å². The Morgan fingerprint density at radius 2 is 1.64 bits per heavy atom. The molecule has 25 heavy (non-hydrogen) atoms. The van der Waals surface area contributed by atoms with Gasteiger partial charge in [0.05, 0.1) is 11.4 Å². The van der Waals surface area contributed by atoms with Gasteiger partial charge in [-0.2, -0.15) is 0 Å². The van der Waals surface area contributed by atoms with Gasteiger partial charge in [-0.25, -0.2) is 0 Å².